The first-order valence-corrected chi connectivity index (χ1v) is 8.95. The van der Waals surface area contributed by atoms with E-state index in [1.54, 1.807) is 11.8 Å². The maximum absolute atomic E-state index is 12.1. The van der Waals surface area contributed by atoms with Crippen LogP contribution >= 0.6 is 11.8 Å². The van der Waals surface area contributed by atoms with Crippen molar-refractivity contribution in [1.82, 2.24) is 0 Å². The summed E-state index contributed by atoms with van der Waals surface area (Å²) in [7, 11) is -2.11. The lowest BCUT2D eigenvalue weighted by atomic mass is 10.2. The molecule has 0 aliphatic rings. The highest BCUT2D eigenvalue weighted by Gasteiger charge is 2.19. The highest BCUT2D eigenvalue weighted by Crippen LogP contribution is 2.23. The molecule has 7 heteroatoms. The second kappa shape index (κ2) is 7.54. The maximum atomic E-state index is 12.1. The van der Waals surface area contributed by atoms with Crippen molar-refractivity contribution in [3.8, 4) is 5.75 Å². The maximum Gasteiger partial charge on any atom is 0.339 e. The van der Waals surface area contributed by atoms with E-state index in [1.165, 1.54) is 19.2 Å². The smallest absolute Gasteiger partial charge is 0.339 e. The van der Waals surface area contributed by atoms with Gasteiger partial charge in [0.15, 0.2) is 9.84 Å². The molecule has 0 saturated heterocycles. The highest BCUT2D eigenvalue weighted by molar-refractivity contribution is 7.99. The van der Waals surface area contributed by atoms with Crippen molar-refractivity contribution in [2.45, 2.75) is 18.2 Å². The van der Waals surface area contributed by atoms with E-state index in [4.69, 9.17) is 9.84 Å². The summed E-state index contributed by atoms with van der Waals surface area (Å²) in [5.41, 5.74) is -0.142. The number of carbonyl (C=O) groups is 1. The van der Waals surface area contributed by atoms with E-state index in [0.29, 0.717) is 6.42 Å². The van der Waals surface area contributed by atoms with Crippen molar-refractivity contribution in [1.29, 1.82) is 0 Å². The van der Waals surface area contributed by atoms with Crippen LogP contribution in [0.5, 0.6) is 5.75 Å². The second-order valence-corrected chi connectivity index (χ2v) is 7.54. The molecule has 1 N–H and O–H groups in total. The Balaban J connectivity index is 2.95. The molecule has 0 unspecified atom stereocenters. The fraction of sp³-hybridized carbons (Fsp3) is 0.462. The number of hydrogen-bond acceptors (Lipinski definition) is 5. The highest BCUT2D eigenvalue weighted by atomic mass is 32.2. The van der Waals surface area contributed by atoms with Crippen LogP contribution in [0, 0.1) is 0 Å². The Morgan fingerprint density at radius 1 is 1.40 bits per heavy atom. The summed E-state index contributed by atoms with van der Waals surface area (Å²) in [6.45, 7) is 2.02. The Labute approximate surface area is 123 Å². The molecule has 0 saturated carbocycles. The molecule has 0 atom stereocenters. The number of ether oxygens (including phenoxy) is 1. The topological polar surface area (TPSA) is 80.7 Å². The molecule has 5 nitrogen and oxygen atoms in total. The standard InChI is InChI=1S/C13H18O5S2/c1-3-19-7-4-8-20(16,17)10-5-6-12(18-2)11(9-10)13(14)15/h5-6,9H,3-4,7-8H2,1-2H3,(H,14,15). The second-order valence-electron chi connectivity index (χ2n) is 4.04. The van der Waals surface area contributed by atoms with E-state index in [-0.39, 0.29) is 22.0 Å². The number of hydrogen-bond donors (Lipinski definition) is 1. The minimum Gasteiger partial charge on any atom is -0.496 e. The molecule has 0 aliphatic carbocycles. The van der Waals surface area contributed by atoms with Crippen LogP contribution in [0.3, 0.4) is 0 Å². The summed E-state index contributed by atoms with van der Waals surface area (Å²) in [6, 6.07) is 3.91. The van der Waals surface area contributed by atoms with E-state index in [1.807, 2.05) is 6.92 Å². The van der Waals surface area contributed by atoms with Crippen molar-refractivity contribution >= 4 is 27.6 Å². The molecule has 1 rings (SSSR count). The third-order valence-corrected chi connectivity index (χ3v) is 5.45. The molecule has 1 aromatic rings. The number of rotatable bonds is 8. The Kier molecular flexibility index (Phi) is 6.35. The first-order chi connectivity index (χ1) is 9.42. The van der Waals surface area contributed by atoms with Gasteiger partial charge < -0.3 is 9.84 Å². The van der Waals surface area contributed by atoms with Crippen LogP contribution in [0.25, 0.3) is 0 Å². The molecule has 0 bridgehead atoms. The van der Waals surface area contributed by atoms with Crippen molar-refractivity contribution < 1.29 is 23.1 Å². The molecule has 0 amide bonds. The fourth-order valence-electron chi connectivity index (χ4n) is 1.66. The summed E-state index contributed by atoms with van der Waals surface area (Å²) in [6.07, 6.45) is 0.551. The van der Waals surface area contributed by atoms with Gasteiger partial charge in [-0.05, 0) is 36.1 Å². The summed E-state index contributed by atoms with van der Waals surface area (Å²) in [5.74, 6) is 0.688. The number of benzene rings is 1. The Morgan fingerprint density at radius 2 is 2.10 bits per heavy atom. The van der Waals surface area contributed by atoms with Crippen molar-refractivity contribution in [3.05, 3.63) is 23.8 Å². The van der Waals surface area contributed by atoms with Gasteiger partial charge in [-0.1, -0.05) is 6.92 Å². The molecular formula is C13H18O5S2. The van der Waals surface area contributed by atoms with Crippen LogP contribution in [0.2, 0.25) is 0 Å². The Hall–Kier alpha value is -1.21. The van der Waals surface area contributed by atoms with Crippen LogP contribution in [-0.4, -0.2) is 43.9 Å². The van der Waals surface area contributed by atoms with Gasteiger partial charge in [0.2, 0.25) is 0 Å². The predicted molar refractivity (Wildman–Crippen MR) is 79.6 cm³/mol. The van der Waals surface area contributed by atoms with Gasteiger partial charge in [0.1, 0.15) is 11.3 Å². The van der Waals surface area contributed by atoms with E-state index < -0.39 is 15.8 Å². The lowest BCUT2D eigenvalue weighted by Crippen LogP contribution is -2.10. The largest absolute Gasteiger partial charge is 0.496 e. The van der Waals surface area contributed by atoms with Gasteiger partial charge >= 0.3 is 5.97 Å². The van der Waals surface area contributed by atoms with Gasteiger partial charge in [-0.3, -0.25) is 0 Å². The van der Waals surface area contributed by atoms with Crippen LogP contribution in [-0.2, 0) is 9.84 Å². The molecule has 0 heterocycles. The molecule has 1 aromatic carbocycles. The van der Waals surface area contributed by atoms with E-state index in [9.17, 15) is 13.2 Å². The van der Waals surface area contributed by atoms with Gasteiger partial charge in [0.25, 0.3) is 0 Å². The van der Waals surface area contributed by atoms with Gasteiger partial charge in [0.05, 0.1) is 17.8 Å². The number of carboxylic acid groups (broad SMARTS) is 1. The van der Waals surface area contributed by atoms with Gasteiger partial charge in [0, 0.05) is 0 Å². The van der Waals surface area contributed by atoms with Crippen LogP contribution in [0.15, 0.2) is 23.1 Å². The molecular weight excluding hydrogens is 300 g/mol. The Morgan fingerprint density at radius 3 is 2.65 bits per heavy atom. The monoisotopic (exact) mass is 318 g/mol. The van der Waals surface area contributed by atoms with Crippen LogP contribution < -0.4 is 4.74 Å². The number of thioether (sulfide) groups is 1. The van der Waals surface area contributed by atoms with Gasteiger partial charge in [-0.25, -0.2) is 13.2 Å². The van der Waals surface area contributed by atoms with Crippen molar-refractivity contribution in [2.24, 2.45) is 0 Å². The van der Waals surface area contributed by atoms with E-state index >= 15 is 0 Å². The number of aromatic carboxylic acids is 1. The Bertz CT molecular complexity index is 566. The van der Waals surface area contributed by atoms with Gasteiger partial charge in [-0.15, -0.1) is 0 Å². The van der Waals surface area contributed by atoms with Crippen LogP contribution in [0.4, 0.5) is 0 Å². The average Bonchev–Trinajstić information content (AvgIpc) is 2.42. The molecule has 20 heavy (non-hydrogen) atoms. The van der Waals surface area contributed by atoms with Crippen molar-refractivity contribution in [3.63, 3.8) is 0 Å². The summed E-state index contributed by atoms with van der Waals surface area (Å²) < 4.78 is 29.2. The third-order valence-electron chi connectivity index (χ3n) is 2.67. The van der Waals surface area contributed by atoms with Crippen molar-refractivity contribution in [2.75, 3.05) is 24.4 Å². The zero-order valence-electron chi connectivity index (χ0n) is 11.5. The summed E-state index contributed by atoms with van der Waals surface area (Å²) in [5, 5.41) is 9.05. The first kappa shape index (κ1) is 16.8. The quantitative estimate of drug-likeness (QED) is 0.741. The molecule has 0 spiro atoms. The van der Waals surface area contributed by atoms with E-state index in [2.05, 4.69) is 0 Å². The summed E-state index contributed by atoms with van der Waals surface area (Å²) in [4.78, 5) is 11.1. The zero-order chi connectivity index (χ0) is 15.2. The SMILES string of the molecule is CCSCCCS(=O)(=O)c1ccc(OC)c(C(=O)O)c1. The minimum absolute atomic E-state index is 0.0192. The third kappa shape index (κ3) is 4.42. The average molecular weight is 318 g/mol. The lowest BCUT2D eigenvalue weighted by Gasteiger charge is -2.08. The number of carboxylic acids is 1. The normalized spacial score (nSPS) is 11.3. The first-order valence-electron chi connectivity index (χ1n) is 6.14. The summed E-state index contributed by atoms with van der Waals surface area (Å²) >= 11 is 1.68. The molecule has 0 aliphatic heterocycles. The molecule has 0 aromatic heterocycles. The molecule has 0 radical (unpaired) electrons. The molecule has 0 fully saturated rings. The lowest BCUT2D eigenvalue weighted by molar-refractivity contribution is 0.0693. The number of methoxy groups -OCH3 is 1. The van der Waals surface area contributed by atoms with Gasteiger partial charge in [-0.2, -0.15) is 11.8 Å². The predicted octanol–water partition coefficient (Wildman–Crippen LogP) is 2.31. The minimum atomic E-state index is -3.45. The fourth-order valence-corrected chi connectivity index (χ4v) is 3.81. The van der Waals surface area contributed by atoms with E-state index in [0.717, 1.165) is 17.6 Å². The molecule has 112 valence electrons. The van der Waals surface area contributed by atoms with Crippen LogP contribution in [0.1, 0.15) is 23.7 Å². The zero-order valence-corrected chi connectivity index (χ0v) is 13.1. The number of sulfone groups is 1.